The molecular weight excluding hydrogens is 401 g/mol. The summed E-state index contributed by atoms with van der Waals surface area (Å²) in [7, 11) is 0. The Morgan fingerprint density at radius 1 is 1.32 bits per heavy atom. The number of carbonyl (C=O) groups excluding carboxylic acids is 1. The molecule has 1 aliphatic carbocycles. The summed E-state index contributed by atoms with van der Waals surface area (Å²) < 4.78 is 14.9. The molecule has 0 saturated heterocycles. The smallest absolute Gasteiger partial charge is 0.262 e. The van der Waals surface area contributed by atoms with Crippen molar-refractivity contribution in [1.82, 2.24) is 9.55 Å². The normalized spacial score (nSPS) is 14.8. The molecule has 2 aromatic carbocycles. The summed E-state index contributed by atoms with van der Waals surface area (Å²) in [5.74, 6) is -0.775. The first-order chi connectivity index (χ1) is 13.4. The third kappa shape index (κ3) is 3.77. The lowest BCUT2D eigenvalue weighted by Crippen LogP contribution is -2.26. The van der Waals surface area contributed by atoms with Crippen molar-refractivity contribution >= 4 is 45.9 Å². The van der Waals surface area contributed by atoms with E-state index in [4.69, 9.17) is 11.6 Å². The number of fused-ring (bicyclic) bond motifs is 1. The lowest BCUT2D eigenvalue weighted by atomic mass is 10.2. The van der Waals surface area contributed by atoms with Crippen molar-refractivity contribution in [2.45, 2.75) is 36.2 Å². The number of para-hydroxylation sites is 1. The number of halogens is 2. The van der Waals surface area contributed by atoms with Crippen molar-refractivity contribution in [2.24, 2.45) is 0 Å². The molecule has 1 fully saturated rings. The van der Waals surface area contributed by atoms with Crippen LogP contribution in [0, 0.1) is 5.82 Å². The molecule has 1 N–H and O–H groups in total. The Labute approximate surface area is 169 Å². The molecule has 0 aliphatic heterocycles. The number of hydrogen-bond donors (Lipinski definition) is 1. The Kier molecular flexibility index (Phi) is 5.12. The summed E-state index contributed by atoms with van der Waals surface area (Å²) in [6, 6.07) is 11.1. The Morgan fingerprint density at radius 2 is 2.07 bits per heavy atom. The number of rotatable bonds is 5. The van der Waals surface area contributed by atoms with Crippen LogP contribution in [-0.2, 0) is 4.79 Å². The third-order valence-corrected chi connectivity index (χ3v) is 5.91. The maximum atomic E-state index is 13.2. The van der Waals surface area contributed by atoms with Crippen molar-refractivity contribution < 1.29 is 9.18 Å². The van der Waals surface area contributed by atoms with Crippen LogP contribution in [0.3, 0.4) is 0 Å². The van der Waals surface area contributed by atoms with Gasteiger partial charge in [0.05, 0.1) is 26.9 Å². The van der Waals surface area contributed by atoms with E-state index in [9.17, 15) is 14.0 Å². The van der Waals surface area contributed by atoms with E-state index >= 15 is 0 Å². The van der Waals surface area contributed by atoms with Crippen molar-refractivity contribution in [3.63, 3.8) is 0 Å². The zero-order chi connectivity index (χ0) is 19.8. The van der Waals surface area contributed by atoms with Crippen molar-refractivity contribution in [3.8, 4) is 0 Å². The second kappa shape index (κ2) is 7.56. The number of aromatic nitrogens is 2. The fraction of sp³-hybridized carbons (Fsp3) is 0.250. The molecule has 5 nitrogen and oxygen atoms in total. The summed E-state index contributed by atoms with van der Waals surface area (Å²) in [6.45, 7) is 1.73. The highest BCUT2D eigenvalue weighted by molar-refractivity contribution is 8.00. The number of amides is 1. The molecule has 3 aromatic rings. The van der Waals surface area contributed by atoms with E-state index in [0.717, 1.165) is 18.9 Å². The molecule has 0 spiro atoms. The predicted octanol–water partition coefficient (Wildman–Crippen LogP) is 4.64. The molecule has 1 atom stereocenters. The largest absolute Gasteiger partial charge is 0.324 e. The second-order valence-electron chi connectivity index (χ2n) is 6.69. The molecular formula is C20H17ClFN3O2S. The highest BCUT2D eigenvalue weighted by Gasteiger charge is 2.30. The maximum absolute atomic E-state index is 13.2. The monoisotopic (exact) mass is 417 g/mol. The Morgan fingerprint density at radius 3 is 2.79 bits per heavy atom. The van der Waals surface area contributed by atoms with Gasteiger partial charge >= 0.3 is 0 Å². The molecule has 1 saturated carbocycles. The van der Waals surface area contributed by atoms with Crippen molar-refractivity contribution in [2.75, 3.05) is 5.32 Å². The van der Waals surface area contributed by atoms with Gasteiger partial charge in [-0.1, -0.05) is 35.5 Å². The van der Waals surface area contributed by atoms with E-state index < -0.39 is 11.1 Å². The fourth-order valence-corrected chi connectivity index (χ4v) is 4.09. The lowest BCUT2D eigenvalue weighted by molar-refractivity contribution is -0.115. The molecule has 4 rings (SSSR count). The second-order valence-corrected chi connectivity index (χ2v) is 8.41. The minimum Gasteiger partial charge on any atom is -0.324 e. The van der Waals surface area contributed by atoms with Crippen molar-refractivity contribution in [3.05, 3.63) is 63.7 Å². The number of anilines is 1. The van der Waals surface area contributed by atoms with E-state index in [2.05, 4.69) is 10.3 Å². The Bertz CT molecular complexity index is 1130. The number of nitrogens with zero attached hydrogens (tertiary/aromatic N) is 2. The SMILES string of the molecule is CC(Sc1nc2ccccc2c(=O)n1C1CC1)C(=O)Nc1ccc(F)cc1Cl. The average molecular weight is 418 g/mol. The van der Waals surface area contributed by atoms with Gasteiger partial charge in [0.2, 0.25) is 5.91 Å². The van der Waals surface area contributed by atoms with E-state index in [1.54, 1.807) is 23.6 Å². The molecule has 0 radical (unpaired) electrons. The molecule has 144 valence electrons. The van der Waals surface area contributed by atoms with Gasteiger partial charge in [0, 0.05) is 6.04 Å². The van der Waals surface area contributed by atoms with Gasteiger partial charge in [0.25, 0.3) is 5.56 Å². The van der Waals surface area contributed by atoms with Crippen LogP contribution in [0.15, 0.2) is 52.4 Å². The van der Waals surface area contributed by atoms with E-state index in [1.165, 1.54) is 23.9 Å². The summed E-state index contributed by atoms with van der Waals surface area (Å²) >= 11 is 7.21. The highest BCUT2D eigenvalue weighted by Crippen LogP contribution is 2.37. The quantitative estimate of drug-likeness (QED) is 0.485. The lowest BCUT2D eigenvalue weighted by Gasteiger charge is -2.16. The number of nitrogens with one attached hydrogen (secondary N) is 1. The molecule has 1 aromatic heterocycles. The zero-order valence-electron chi connectivity index (χ0n) is 15.0. The van der Waals surface area contributed by atoms with Crippen LogP contribution in [0.2, 0.25) is 5.02 Å². The van der Waals surface area contributed by atoms with Gasteiger partial charge in [0.15, 0.2) is 5.16 Å². The first kappa shape index (κ1) is 19.0. The first-order valence-electron chi connectivity index (χ1n) is 8.88. The van der Waals surface area contributed by atoms with Gasteiger partial charge in [-0.15, -0.1) is 0 Å². The standard InChI is InChI=1S/C20H17ClFN3O2S/c1-11(18(26)23-17-9-6-12(22)10-15(17)21)28-20-24-16-5-3-2-4-14(16)19(27)25(20)13-7-8-13/h2-6,9-11,13H,7-8H2,1H3,(H,23,26). The molecule has 1 unspecified atom stereocenters. The molecule has 28 heavy (non-hydrogen) atoms. The van der Waals surface area contributed by atoms with Gasteiger partial charge in [-0.05, 0) is 50.1 Å². The number of carbonyl (C=O) groups is 1. The Hall–Kier alpha value is -2.38. The van der Waals surface area contributed by atoms with Gasteiger partial charge in [-0.25, -0.2) is 9.37 Å². The first-order valence-corrected chi connectivity index (χ1v) is 10.1. The average Bonchev–Trinajstić information content (AvgIpc) is 3.49. The summed E-state index contributed by atoms with van der Waals surface area (Å²) in [4.78, 5) is 30.1. The minimum atomic E-state index is -0.529. The highest BCUT2D eigenvalue weighted by atomic mass is 35.5. The number of hydrogen-bond acceptors (Lipinski definition) is 4. The number of thioether (sulfide) groups is 1. The summed E-state index contributed by atoms with van der Waals surface area (Å²) in [6.07, 6.45) is 1.86. The maximum Gasteiger partial charge on any atom is 0.262 e. The van der Waals surface area contributed by atoms with Crippen LogP contribution in [0.4, 0.5) is 10.1 Å². The Balaban J connectivity index is 1.61. The van der Waals surface area contributed by atoms with Gasteiger partial charge < -0.3 is 5.32 Å². The van der Waals surface area contributed by atoms with Crippen molar-refractivity contribution in [1.29, 1.82) is 0 Å². The molecule has 1 heterocycles. The summed E-state index contributed by atoms with van der Waals surface area (Å²) in [5, 5.41) is 3.41. The van der Waals surface area contributed by atoms with E-state index in [0.29, 0.717) is 21.7 Å². The van der Waals surface area contributed by atoms with Crippen LogP contribution in [-0.4, -0.2) is 20.7 Å². The zero-order valence-corrected chi connectivity index (χ0v) is 16.6. The molecule has 1 amide bonds. The van der Waals surface area contributed by atoms with Crippen LogP contribution in [0.5, 0.6) is 0 Å². The molecule has 1 aliphatic rings. The molecule has 0 bridgehead atoms. The minimum absolute atomic E-state index is 0.0789. The van der Waals surface area contributed by atoms with E-state index in [-0.39, 0.29) is 22.5 Å². The van der Waals surface area contributed by atoms with Crippen LogP contribution < -0.4 is 10.9 Å². The van der Waals surface area contributed by atoms with E-state index in [1.807, 2.05) is 12.1 Å². The van der Waals surface area contributed by atoms with Gasteiger partial charge in [0.1, 0.15) is 5.82 Å². The summed E-state index contributed by atoms with van der Waals surface area (Å²) in [5.41, 5.74) is 0.873. The van der Waals surface area contributed by atoms with Gasteiger partial charge in [-0.2, -0.15) is 0 Å². The topological polar surface area (TPSA) is 64.0 Å². The predicted molar refractivity (Wildman–Crippen MR) is 110 cm³/mol. The third-order valence-electron chi connectivity index (χ3n) is 4.53. The van der Waals surface area contributed by atoms with Crippen LogP contribution >= 0.6 is 23.4 Å². The van der Waals surface area contributed by atoms with Crippen LogP contribution in [0.1, 0.15) is 25.8 Å². The fourth-order valence-electron chi connectivity index (χ4n) is 2.90. The number of benzene rings is 2. The van der Waals surface area contributed by atoms with Gasteiger partial charge in [-0.3, -0.25) is 14.2 Å². The molecule has 8 heteroatoms. The van der Waals surface area contributed by atoms with Crippen LogP contribution in [0.25, 0.3) is 10.9 Å².